The number of halogens is 1. The summed E-state index contributed by atoms with van der Waals surface area (Å²) in [6.45, 7) is 0.549. The van der Waals surface area contributed by atoms with Gasteiger partial charge in [-0.05, 0) is 30.6 Å². The van der Waals surface area contributed by atoms with Gasteiger partial charge in [0.05, 0.1) is 6.61 Å². The smallest absolute Gasteiger partial charge is 0.295 e. The van der Waals surface area contributed by atoms with E-state index in [1.54, 1.807) is 0 Å². The summed E-state index contributed by atoms with van der Waals surface area (Å²) in [5, 5.41) is 8.26. The van der Waals surface area contributed by atoms with Crippen molar-refractivity contribution in [2.45, 2.75) is 24.9 Å². The number of nitrogen functional groups attached to an aromatic ring is 1. The maximum Gasteiger partial charge on any atom is 0.295 e. The van der Waals surface area contributed by atoms with Crippen LogP contribution in [0.3, 0.4) is 0 Å². The molecule has 2 N–H and O–H groups in total. The molecule has 3 fully saturated rings. The van der Waals surface area contributed by atoms with Gasteiger partial charge < -0.3 is 10.5 Å². The molecule has 14 heavy (non-hydrogen) atoms. The Bertz CT molecular complexity index is 361. The third-order valence-electron chi connectivity index (χ3n) is 3.00. The first kappa shape index (κ1) is 8.40. The van der Waals surface area contributed by atoms with Crippen LogP contribution in [0.5, 0.6) is 5.19 Å². The first-order valence-corrected chi connectivity index (χ1v) is 5.32. The number of ether oxygens (including phenoxy) is 1. The number of rotatable bonds is 3. The van der Waals surface area contributed by atoms with Gasteiger partial charge in [0, 0.05) is 5.41 Å². The van der Waals surface area contributed by atoms with Gasteiger partial charge in [0.25, 0.3) is 5.19 Å². The predicted molar refractivity (Wildman–Crippen MR) is 49.9 cm³/mol. The van der Waals surface area contributed by atoms with Crippen LogP contribution in [0, 0.1) is 5.41 Å². The molecule has 0 atom stereocenters. The van der Waals surface area contributed by atoms with Gasteiger partial charge in [-0.15, -0.1) is 5.10 Å². The Balaban J connectivity index is 1.56. The standard InChI is InChI=1S/C8H10FN3OS/c9-8-1-7(2-8,3-8)4-13-6-12-11-5(10)14-6/h1-4H2,(H2,10,11). The van der Waals surface area contributed by atoms with E-state index in [2.05, 4.69) is 10.2 Å². The molecular weight excluding hydrogens is 205 g/mol. The van der Waals surface area contributed by atoms with E-state index in [-0.39, 0.29) is 5.41 Å². The molecule has 4 nitrogen and oxygen atoms in total. The Morgan fingerprint density at radius 3 is 2.64 bits per heavy atom. The maximum absolute atomic E-state index is 13.1. The molecule has 0 aliphatic heterocycles. The fourth-order valence-corrected chi connectivity index (χ4v) is 2.97. The topological polar surface area (TPSA) is 61.0 Å². The van der Waals surface area contributed by atoms with Crippen LogP contribution in [-0.4, -0.2) is 22.5 Å². The molecule has 0 aromatic carbocycles. The summed E-state index contributed by atoms with van der Waals surface area (Å²) in [6.07, 6.45) is 1.94. The van der Waals surface area contributed by atoms with Crippen molar-refractivity contribution < 1.29 is 9.13 Å². The van der Waals surface area contributed by atoms with Crippen molar-refractivity contribution in [3.05, 3.63) is 0 Å². The minimum Gasteiger partial charge on any atom is -0.468 e. The van der Waals surface area contributed by atoms with Crippen LogP contribution in [-0.2, 0) is 0 Å². The van der Waals surface area contributed by atoms with E-state index >= 15 is 0 Å². The molecule has 3 saturated carbocycles. The number of hydrogen-bond donors (Lipinski definition) is 1. The fourth-order valence-electron chi connectivity index (χ4n) is 2.51. The molecule has 76 valence electrons. The number of alkyl halides is 1. The van der Waals surface area contributed by atoms with E-state index in [0.717, 1.165) is 0 Å². The van der Waals surface area contributed by atoms with Crippen LogP contribution in [0.4, 0.5) is 9.52 Å². The predicted octanol–water partition coefficient (Wildman–Crippen LogP) is 1.39. The summed E-state index contributed by atoms with van der Waals surface area (Å²) < 4.78 is 18.6. The number of nitrogens with zero attached hydrogens (tertiary/aromatic N) is 2. The number of hydrogen-bond acceptors (Lipinski definition) is 5. The van der Waals surface area contributed by atoms with Crippen molar-refractivity contribution in [2.75, 3.05) is 12.3 Å². The van der Waals surface area contributed by atoms with Gasteiger partial charge in [-0.2, -0.15) is 0 Å². The zero-order chi connectivity index (χ0) is 9.81. The molecule has 3 aliphatic carbocycles. The van der Waals surface area contributed by atoms with Crippen molar-refractivity contribution in [3.8, 4) is 5.19 Å². The SMILES string of the molecule is Nc1nnc(OCC23CC(F)(C2)C3)s1. The molecule has 0 amide bonds. The van der Waals surface area contributed by atoms with Crippen LogP contribution in [0.15, 0.2) is 0 Å². The van der Waals surface area contributed by atoms with Crippen LogP contribution < -0.4 is 10.5 Å². The molecule has 3 aliphatic rings. The largest absolute Gasteiger partial charge is 0.468 e. The summed E-state index contributed by atoms with van der Waals surface area (Å²) in [5.74, 6) is 0. The molecule has 0 spiro atoms. The van der Waals surface area contributed by atoms with E-state index in [1.165, 1.54) is 11.3 Å². The second-order valence-electron chi connectivity index (χ2n) is 4.38. The average Bonchev–Trinajstić information content (AvgIpc) is 2.41. The normalized spacial score (nSPS) is 38.6. The quantitative estimate of drug-likeness (QED) is 0.827. The van der Waals surface area contributed by atoms with Gasteiger partial charge in [-0.25, -0.2) is 4.39 Å². The third kappa shape index (κ3) is 1.10. The zero-order valence-corrected chi connectivity index (χ0v) is 8.31. The highest BCUT2D eigenvalue weighted by Gasteiger charge is 2.69. The van der Waals surface area contributed by atoms with E-state index in [4.69, 9.17) is 10.5 Å². The molecule has 0 radical (unpaired) electrons. The van der Waals surface area contributed by atoms with Crippen molar-refractivity contribution >= 4 is 16.5 Å². The van der Waals surface area contributed by atoms with Crippen LogP contribution in [0.2, 0.25) is 0 Å². The first-order valence-electron chi connectivity index (χ1n) is 4.50. The fraction of sp³-hybridized carbons (Fsp3) is 0.750. The minimum absolute atomic E-state index is 0.0924. The summed E-state index contributed by atoms with van der Waals surface area (Å²) in [4.78, 5) is 0. The second-order valence-corrected chi connectivity index (χ2v) is 5.35. The Hall–Kier alpha value is -0.910. The highest BCUT2D eigenvalue weighted by atomic mass is 32.1. The molecule has 6 heteroatoms. The lowest BCUT2D eigenvalue weighted by Crippen LogP contribution is -2.66. The van der Waals surface area contributed by atoms with E-state index < -0.39 is 5.67 Å². The first-order chi connectivity index (χ1) is 6.59. The molecule has 1 aromatic rings. The molecule has 1 aromatic heterocycles. The molecule has 0 saturated heterocycles. The number of anilines is 1. The van der Waals surface area contributed by atoms with Crippen molar-refractivity contribution in [3.63, 3.8) is 0 Å². The molecule has 2 bridgehead atoms. The van der Waals surface area contributed by atoms with E-state index in [0.29, 0.717) is 36.2 Å². The lowest BCUT2D eigenvalue weighted by atomic mass is 9.43. The molecule has 1 heterocycles. The van der Waals surface area contributed by atoms with Crippen LogP contribution in [0.1, 0.15) is 19.3 Å². The van der Waals surface area contributed by atoms with E-state index in [1.807, 2.05) is 0 Å². The van der Waals surface area contributed by atoms with Gasteiger partial charge in [-0.3, -0.25) is 0 Å². The lowest BCUT2D eigenvalue weighted by Gasteiger charge is -2.65. The highest BCUT2D eigenvalue weighted by molar-refractivity contribution is 7.16. The van der Waals surface area contributed by atoms with Gasteiger partial charge in [0.1, 0.15) is 5.67 Å². The van der Waals surface area contributed by atoms with Crippen LogP contribution in [0.25, 0.3) is 0 Å². The van der Waals surface area contributed by atoms with E-state index in [9.17, 15) is 4.39 Å². The summed E-state index contributed by atoms with van der Waals surface area (Å²) in [5.41, 5.74) is 4.64. The van der Waals surface area contributed by atoms with Gasteiger partial charge in [-0.1, -0.05) is 5.10 Å². The Labute approximate surface area is 84.3 Å². The maximum atomic E-state index is 13.1. The van der Waals surface area contributed by atoms with Crippen molar-refractivity contribution in [1.29, 1.82) is 0 Å². The second kappa shape index (κ2) is 2.36. The minimum atomic E-state index is -0.858. The lowest BCUT2D eigenvalue weighted by molar-refractivity contribution is -0.226. The molecule has 0 unspecified atom stereocenters. The molecule has 4 rings (SSSR count). The van der Waals surface area contributed by atoms with Crippen LogP contribution >= 0.6 is 11.3 Å². The number of aromatic nitrogens is 2. The Morgan fingerprint density at radius 1 is 1.43 bits per heavy atom. The summed E-state index contributed by atoms with van der Waals surface area (Å²) in [7, 11) is 0. The summed E-state index contributed by atoms with van der Waals surface area (Å²) in [6, 6.07) is 0. The monoisotopic (exact) mass is 215 g/mol. The van der Waals surface area contributed by atoms with Gasteiger partial charge in [0.2, 0.25) is 5.13 Å². The third-order valence-corrected chi connectivity index (χ3v) is 3.66. The number of nitrogens with two attached hydrogens (primary N) is 1. The zero-order valence-electron chi connectivity index (χ0n) is 7.49. The Morgan fingerprint density at radius 2 is 2.14 bits per heavy atom. The Kier molecular flexibility index (Phi) is 1.42. The van der Waals surface area contributed by atoms with Gasteiger partial charge in [0.15, 0.2) is 0 Å². The summed E-state index contributed by atoms with van der Waals surface area (Å²) >= 11 is 1.22. The van der Waals surface area contributed by atoms with Crippen molar-refractivity contribution in [1.82, 2.24) is 10.2 Å². The van der Waals surface area contributed by atoms with Gasteiger partial charge >= 0.3 is 0 Å². The highest BCUT2D eigenvalue weighted by Crippen LogP contribution is 2.69. The molecular formula is C8H10FN3OS. The average molecular weight is 215 g/mol. The van der Waals surface area contributed by atoms with Crippen molar-refractivity contribution in [2.24, 2.45) is 5.41 Å².